The number of thiophene rings is 1. The molecule has 0 amide bonds. The first-order chi connectivity index (χ1) is 4.91. The van der Waals surface area contributed by atoms with E-state index in [-0.39, 0.29) is 16.6 Å². The summed E-state index contributed by atoms with van der Waals surface area (Å²) in [6, 6.07) is 1.56. The molecule has 12 heavy (non-hydrogen) atoms. The lowest BCUT2D eigenvalue weighted by Gasteiger charge is -1.89. The Bertz CT molecular complexity index is 372. The topological polar surface area (TPSA) is 54.4 Å². The second-order valence-corrected chi connectivity index (χ2v) is 6.56. The highest BCUT2D eigenvalue weighted by molar-refractivity contribution is 9.11. The molecule has 1 aromatic rings. The molecule has 1 heterocycles. The van der Waals surface area contributed by atoms with E-state index in [9.17, 15) is 8.42 Å². The molecule has 0 saturated heterocycles. The molecule has 1 aromatic heterocycles. The van der Waals surface area contributed by atoms with Gasteiger partial charge in [-0.05, 0) is 37.9 Å². The maximum Gasteiger partial charge on any atom is 0.305 e. The van der Waals surface area contributed by atoms with Gasteiger partial charge in [-0.25, -0.2) is 0 Å². The largest absolute Gasteiger partial charge is 0.305 e. The van der Waals surface area contributed by atoms with Crippen LogP contribution in [0.1, 0.15) is 0 Å². The normalized spacial score (nSPS) is 10.9. The quantitative estimate of drug-likeness (QED) is 0.786. The van der Waals surface area contributed by atoms with E-state index in [1.165, 1.54) is 0 Å². The Hall–Kier alpha value is 0.860. The van der Waals surface area contributed by atoms with Crippen molar-refractivity contribution < 1.29 is 13.0 Å². The number of hydrogen-bond donors (Lipinski definition) is 1. The van der Waals surface area contributed by atoms with Gasteiger partial charge in [0.25, 0.3) is 0 Å². The Morgan fingerprint density at radius 3 is 2.08 bits per heavy atom. The Morgan fingerprint density at radius 1 is 1.42 bits per heavy atom. The molecule has 0 radical (unpaired) electrons. The van der Waals surface area contributed by atoms with Gasteiger partial charge in [0.15, 0.2) is 4.21 Å². The number of halogens is 3. The smallest absolute Gasteiger partial charge is 0.281 e. The average molecular weight is 358 g/mol. The molecular formula is C4H3Br2ClO3S2. The van der Waals surface area contributed by atoms with Crippen molar-refractivity contribution in [1.29, 1.82) is 0 Å². The van der Waals surface area contributed by atoms with Crippen molar-refractivity contribution in [3.63, 3.8) is 0 Å². The second kappa shape index (κ2) is 4.39. The minimum atomic E-state index is -4.07. The van der Waals surface area contributed by atoms with Gasteiger partial charge in [-0.1, -0.05) is 0 Å². The minimum absolute atomic E-state index is 0. The fraction of sp³-hybridized carbons (Fsp3) is 0. The molecule has 0 aromatic carbocycles. The third-order valence-electron chi connectivity index (χ3n) is 0.860. The van der Waals surface area contributed by atoms with E-state index >= 15 is 0 Å². The van der Waals surface area contributed by atoms with Crippen molar-refractivity contribution in [1.82, 2.24) is 0 Å². The highest BCUT2D eigenvalue weighted by Crippen LogP contribution is 2.34. The van der Waals surface area contributed by atoms with Gasteiger partial charge in [0.1, 0.15) is 0 Å². The summed E-state index contributed by atoms with van der Waals surface area (Å²) >= 11 is 7.04. The summed E-state index contributed by atoms with van der Waals surface area (Å²) in [6.45, 7) is 0. The molecule has 0 saturated carbocycles. The van der Waals surface area contributed by atoms with Gasteiger partial charge in [0.05, 0.1) is 8.26 Å². The monoisotopic (exact) mass is 356 g/mol. The zero-order chi connectivity index (χ0) is 8.65. The van der Waals surface area contributed by atoms with Crippen LogP contribution in [-0.4, -0.2) is 13.0 Å². The van der Waals surface area contributed by atoms with Gasteiger partial charge < -0.3 is 0 Å². The van der Waals surface area contributed by atoms with Gasteiger partial charge in [-0.15, -0.1) is 23.7 Å². The maximum absolute atomic E-state index is 10.6. The van der Waals surface area contributed by atoms with Crippen LogP contribution in [0.3, 0.4) is 0 Å². The van der Waals surface area contributed by atoms with E-state index in [1.54, 1.807) is 6.07 Å². The fourth-order valence-corrected chi connectivity index (χ4v) is 4.59. The Labute approximate surface area is 96.6 Å². The number of rotatable bonds is 1. The SMILES string of the molecule is Cl.O=S(=O)(O)c1sc(Br)cc1Br. The summed E-state index contributed by atoms with van der Waals surface area (Å²) < 4.78 is 30.7. The molecule has 0 unspecified atom stereocenters. The fourth-order valence-electron chi connectivity index (χ4n) is 0.501. The summed E-state index contributed by atoms with van der Waals surface area (Å²) in [5, 5.41) is 0. The molecule has 70 valence electrons. The van der Waals surface area contributed by atoms with Crippen LogP contribution in [0.2, 0.25) is 0 Å². The average Bonchev–Trinajstić information content (AvgIpc) is 2.08. The summed E-state index contributed by atoms with van der Waals surface area (Å²) in [7, 11) is -4.07. The predicted octanol–water partition coefficient (Wildman–Crippen LogP) is 2.94. The van der Waals surface area contributed by atoms with Crippen LogP contribution in [0.4, 0.5) is 0 Å². The molecule has 0 aliphatic rings. The van der Waals surface area contributed by atoms with E-state index < -0.39 is 10.1 Å². The Morgan fingerprint density at radius 2 is 1.92 bits per heavy atom. The molecule has 0 aliphatic carbocycles. The molecule has 0 fully saturated rings. The molecule has 3 nitrogen and oxygen atoms in total. The zero-order valence-corrected chi connectivity index (χ0v) is 10.9. The van der Waals surface area contributed by atoms with Crippen molar-refractivity contribution in [2.45, 2.75) is 4.21 Å². The summed E-state index contributed by atoms with van der Waals surface area (Å²) in [6.07, 6.45) is 0. The van der Waals surface area contributed by atoms with Crippen LogP contribution in [0.15, 0.2) is 18.5 Å². The van der Waals surface area contributed by atoms with E-state index in [4.69, 9.17) is 4.55 Å². The van der Waals surface area contributed by atoms with Crippen LogP contribution >= 0.6 is 55.6 Å². The third kappa shape index (κ3) is 2.97. The second-order valence-electron chi connectivity index (χ2n) is 1.66. The van der Waals surface area contributed by atoms with E-state index in [2.05, 4.69) is 31.9 Å². The highest BCUT2D eigenvalue weighted by atomic mass is 79.9. The lowest BCUT2D eigenvalue weighted by molar-refractivity contribution is 0.485. The maximum atomic E-state index is 10.6. The first kappa shape index (κ1) is 12.9. The van der Waals surface area contributed by atoms with Crippen molar-refractivity contribution in [2.24, 2.45) is 0 Å². The van der Waals surface area contributed by atoms with Crippen LogP contribution in [0.5, 0.6) is 0 Å². The third-order valence-corrected chi connectivity index (χ3v) is 5.01. The lowest BCUT2D eigenvalue weighted by atomic mass is 10.7. The van der Waals surface area contributed by atoms with Crippen molar-refractivity contribution >= 4 is 65.7 Å². The van der Waals surface area contributed by atoms with Gasteiger partial charge in [-0.3, -0.25) is 4.55 Å². The zero-order valence-electron chi connectivity index (χ0n) is 5.32. The molecule has 0 spiro atoms. The molecule has 1 N–H and O–H groups in total. The van der Waals surface area contributed by atoms with Crippen LogP contribution in [-0.2, 0) is 10.1 Å². The minimum Gasteiger partial charge on any atom is -0.281 e. The van der Waals surface area contributed by atoms with Gasteiger partial charge in [-0.2, -0.15) is 8.42 Å². The summed E-state index contributed by atoms with van der Waals surface area (Å²) in [4.78, 5) is 0. The van der Waals surface area contributed by atoms with E-state index in [0.29, 0.717) is 8.26 Å². The first-order valence-electron chi connectivity index (χ1n) is 2.33. The molecular weight excluding hydrogens is 355 g/mol. The van der Waals surface area contributed by atoms with Crippen LogP contribution in [0.25, 0.3) is 0 Å². The molecule has 1 rings (SSSR count). The van der Waals surface area contributed by atoms with E-state index in [1.807, 2.05) is 0 Å². The molecule has 0 bridgehead atoms. The summed E-state index contributed by atoms with van der Waals surface area (Å²) in [5.41, 5.74) is 0. The molecule has 0 atom stereocenters. The van der Waals surface area contributed by atoms with Gasteiger partial charge >= 0.3 is 10.1 Å². The van der Waals surface area contributed by atoms with Gasteiger partial charge in [0.2, 0.25) is 0 Å². The Kier molecular flexibility index (Phi) is 4.70. The van der Waals surface area contributed by atoms with Crippen molar-refractivity contribution in [3.8, 4) is 0 Å². The van der Waals surface area contributed by atoms with Crippen LogP contribution < -0.4 is 0 Å². The predicted molar refractivity (Wildman–Crippen MR) is 56.8 cm³/mol. The number of hydrogen-bond acceptors (Lipinski definition) is 3. The van der Waals surface area contributed by atoms with Crippen molar-refractivity contribution in [2.75, 3.05) is 0 Å². The first-order valence-corrected chi connectivity index (χ1v) is 6.18. The van der Waals surface area contributed by atoms with Crippen LogP contribution in [0, 0.1) is 0 Å². The van der Waals surface area contributed by atoms with Gasteiger partial charge in [0, 0.05) is 0 Å². The summed E-state index contributed by atoms with van der Waals surface area (Å²) in [5.74, 6) is 0. The molecule has 0 aliphatic heterocycles. The standard InChI is InChI=1S/C4H2Br2O3S2.ClH/c5-2-1-3(6)10-4(2)11(7,8)9;/h1H,(H,7,8,9);1H. The van der Waals surface area contributed by atoms with E-state index in [0.717, 1.165) is 11.3 Å². The Balaban J connectivity index is 0.00000121. The highest BCUT2D eigenvalue weighted by Gasteiger charge is 2.17. The lowest BCUT2D eigenvalue weighted by Crippen LogP contribution is -1.94. The molecule has 8 heteroatoms. The van der Waals surface area contributed by atoms with Crippen molar-refractivity contribution in [3.05, 3.63) is 14.3 Å².